The second-order valence-electron chi connectivity index (χ2n) is 8.40. The van der Waals surface area contributed by atoms with Gasteiger partial charge in [-0.05, 0) is 58.2 Å². The van der Waals surface area contributed by atoms with Crippen molar-refractivity contribution in [2.75, 3.05) is 11.9 Å². The number of hydrogen-bond acceptors (Lipinski definition) is 6. The fraction of sp³-hybridized carbons (Fsp3) is 0.500. The van der Waals surface area contributed by atoms with Gasteiger partial charge in [-0.25, -0.2) is 22.6 Å². The van der Waals surface area contributed by atoms with E-state index in [4.69, 9.17) is 4.74 Å². The first-order valence-electron chi connectivity index (χ1n) is 11.0. The molecule has 0 bridgehead atoms. The number of aromatic carboxylic acids is 1. The summed E-state index contributed by atoms with van der Waals surface area (Å²) in [5, 5.41) is 16.3. The van der Waals surface area contributed by atoms with Crippen molar-refractivity contribution in [3.05, 3.63) is 29.5 Å². The van der Waals surface area contributed by atoms with Crippen LogP contribution in [0, 0.1) is 12.8 Å². The van der Waals surface area contributed by atoms with Gasteiger partial charge in [0.1, 0.15) is 10.6 Å². The van der Waals surface area contributed by atoms with E-state index in [1.165, 1.54) is 16.8 Å². The van der Waals surface area contributed by atoms with Crippen LogP contribution in [-0.4, -0.2) is 41.7 Å². The molecule has 33 heavy (non-hydrogen) atoms. The summed E-state index contributed by atoms with van der Waals surface area (Å²) < 4.78 is 36.0. The van der Waals surface area contributed by atoms with Crippen molar-refractivity contribution in [3.63, 3.8) is 0 Å². The molecule has 1 aliphatic carbocycles. The minimum Gasteiger partial charge on any atom is -0.476 e. The Kier molecular flexibility index (Phi) is 7.43. The second-order valence-corrected chi connectivity index (χ2v) is 10.1. The number of sulfonamides is 1. The van der Waals surface area contributed by atoms with Gasteiger partial charge in [-0.15, -0.1) is 0 Å². The third kappa shape index (κ3) is 5.36. The van der Waals surface area contributed by atoms with Crippen molar-refractivity contribution < 1.29 is 27.9 Å². The minimum atomic E-state index is -3.97. The molecule has 2 aromatic rings. The summed E-state index contributed by atoms with van der Waals surface area (Å²) >= 11 is 0. The lowest BCUT2D eigenvalue weighted by Crippen LogP contribution is -2.28. The molecule has 11 heteroatoms. The van der Waals surface area contributed by atoms with Crippen molar-refractivity contribution in [2.45, 2.75) is 64.3 Å². The van der Waals surface area contributed by atoms with Crippen LogP contribution in [-0.2, 0) is 14.8 Å². The Morgan fingerprint density at radius 3 is 2.55 bits per heavy atom. The average molecular weight is 479 g/mol. The first-order valence-corrected chi connectivity index (χ1v) is 12.5. The molecule has 1 fully saturated rings. The fourth-order valence-electron chi connectivity index (χ4n) is 3.39. The maximum Gasteiger partial charge on any atom is 0.356 e. The van der Waals surface area contributed by atoms with E-state index in [2.05, 4.69) is 15.1 Å². The lowest BCUT2D eigenvalue weighted by molar-refractivity contribution is -0.122. The molecule has 0 radical (unpaired) electrons. The highest BCUT2D eigenvalue weighted by atomic mass is 32.2. The van der Waals surface area contributed by atoms with Crippen LogP contribution in [0.1, 0.15) is 68.5 Å². The molecule has 1 heterocycles. The topological polar surface area (TPSA) is 140 Å². The molecule has 0 atom stereocenters. The van der Waals surface area contributed by atoms with Crippen LogP contribution >= 0.6 is 0 Å². The van der Waals surface area contributed by atoms with Gasteiger partial charge < -0.3 is 15.2 Å². The van der Waals surface area contributed by atoms with E-state index in [9.17, 15) is 23.1 Å². The Morgan fingerprint density at radius 2 is 2.00 bits per heavy atom. The van der Waals surface area contributed by atoms with Crippen molar-refractivity contribution in [1.82, 2.24) is 14.5 Å². The Labute approximate surface area is 193 Å². The van der Waals surface area contributed by atoms with Gasteiger partial charge in [0.25, 0.3) is 0 Å². The molecule has 0 aliphatic heterocycles. The molecule has 0 spiro atoms. The van der Waals surface area contributed by atoms with Gasteiger partial charge in [0, 0.05) is 23.7 Å². The van der Waals surface area contributed by atoms with E-state index in [0.29, 0.717) is 12.1 Å². The third-order valence-electron chi connectivity index (χ3n) is 5.51. The Hall–Kier alpha value is -2.92. The van der Waals surface area contributed by atoms with Crippen LogP contribution in [0.25, 0.3) is 0 Å². The number of rotatable bonds is 10. The average Bonchev–Trinajstić information content (AvgIpc) is 3.03. The van der Waals surface area contributed by atoms with Crippen LogP contribution in [0.2, 0.25) is 0 Å². The molecule has 1 aromatic carbocycles. The number of carbonyl (C=O) groups excluding carboxylic acids is 1. The monoisotopic (exact) mass is 478 g/mol. The zero-order valence-electron chi connectivity index (χ0n) is 19.2. The number of amides is 1. The number of nitrogens with zero attached hydrogens (tertiary/aromatic N) is 2. The summed E-state index contributed by atoms with van der Waals surface area (Å²) in [5.41, 5.74) is 0.455. The zero-order chi connectivity index (χ0) is 24.3. The summed E-state index contributed by atoms with van der Waals surface area (Å²) in [6.07, 6.45) is 3.24. The summed E-state index contributed by atoms with van der Waals surface area (Å²) in [7, 11) is -3.97. The van der Waals surface area contributed by atoms with Gasteiger partial charge in [0.15, 0.2) is 5.69 Å². The van der Waals surface area contributed by atoms with Crippen molar-refractivity contribution in [1.29, 1.82) is 0 Å². The molecule has 1 aromatic heterocycles. The van der Waals surface area contributed by atoms with E-state index < -0.39 is 16.0 Å². The van der Waals surface area contributed by atoms with Gasteiger partial charge in [-0.3, -0.25) is 4.79 Å². The first-order chi connectivity index (χ1) is 15.5. The summed E-state index contributed by atoms with van der Waals surface area (Å²) in [4.78, 5) is 23.8. The molecule has 0 unspecified atom stereocenters. The Morgan fingerprint density at radius 1 is 1.30 bits per heavy atom. The number of anilines is 1. The number of benzene rings is 1. The van der Waals surface area contributed by atoms with Crippen LogP contribution in [0.15, 0.2) is 23.1 Å². The highest BCUT2D eigenvalue weighted by Gasteiger charge is 2.28. The number of ether oxygens (including phenoxy) is 1. The Balaban J connectivity index is 2.04. The Bertz CT molecular complexity index is 1150. The predicted molar refractivity (Wildman–Crippen MR) is 122 cm³/mol. The third-order valence-corrected chi connectivity index (χ3v) is 6.99. The molecule has 3 rings (SSSR count). The molecule has 10 nitrogen and oxygen atoms in total. The van der Waals surface area contributed by atoms with E-state index in [1.54, 1.807) is 13.0 Å². The minimum absolute atomic E-state index is 0.00193. The predicted octanol–water partition coefficient (Wildman–Crippen LogP) is 3.69. The van der Waals surface area contributed by atoms with Gasteiger partial charge in [0.05, 0.1) is 6.04 Å². The largest absolute Gasteiger partial charge is 0.476 e. The van der Waals surface area contributed by atoms with Crippen LogP contribution in [0.5, 0.6) is 11.6 Å². The SMILES string of the molecule is CCCNS(=O)(=O)c1cc(NC(=O)C2CCC2)ccc1Oc1c(C)c(C(=O)O)nn1C(C)C. The smallest absolute Gasteiger partial charge is 0.356 e. The lowest BCUT2D eigenvalue weighted by atomic mass is 9.85. The summed E-state index contributed by atoms with van der Waals surface area (Å²) in [6, 6.07) is 4.14. The number of carbonyl (C=O) groups is 2. The second kappa shape index (κ2) is 9.92. The van der Waals surface area contributed by atoms with Crippen LogP contribution in [0.3, 0.4) is 0 Å². The maximum atomic E-state index is 13.0. The molecule has 3 N–H and O–H groups in total. The fourth-order valence-corrected chi connectivity index (χ4v) is 4.68. The first kappa shape index (κ1) is 24.7. The molecule has 1 saturated carbocycles. The van der Waals surface area contributed by atoms with Gasteiger partial charge in [-0.1, -0.05) is 13.3 Å². The van der Waals surface area contributed by atoms with E-state index in [0.717, 1.165) is 19.3 Å². The zero-order valence-corrected chi connectivity index (χ0v) is 20.0. The van der Waals surface area contributed by atoms with Crippen LogP contribution < -0.4 is 14.8 Å². The van der Waals surface area contributed by atoms with E-state index in [1.807, 2.05) is 20.8 Å². The van der Waals surface area contributed by atoms with Crippen molar-refractivity contribution in [2.24, 2.45) is 5.92 Å². The molecule has 1 amide bonds. The quantitative estimate of drug-likeness (QED) is 0.473. The number of hydrogen-bond donors (Lipinski definition) is 3. The van der Waals surface area contributed by atoms with Gasteiger partial charge in [0.2, 0.25) is 21.8 Å². The van der Waals surface area contributed by atoms with Crippen molar-refractivity contribution >= 4 is 27.6 Å². The van der Waals surface area contributed by atoms with Crippen molar-refractivity contribution in [3.8, 4) is 11.6 Å². The number of aromatic nitrogens is 2. The number of carboxylic acids is 1. The maximum absolute atomic E-state index is 13.0. The van der Waals surface area contributed by atoms with E-state index in [-0.39, 0.29) is 52.2 Å². The molecular weight excluding hydrogens is 448 g/mol. The lowest BCUT2D eigenvalue weighted by Gasteiger charge is -2.24. The number of carboxylic acid groups (broad SMARTS) is 1. The highest BCUT2D eigenvalue weighted by Crippen LogP contribution is 2.35. The normalized spacial score (nSPS) is 14.2. The highest BCUT2D eigenvalue weighted by molar-refractivity contribution is 7.89. The molecule has 1 aliphatic rings. The van der Waals surface area contributed by atoms with Gasteiger partial charge >= 0.3 is 5.97 Å². The summed E-state index contributed by atoms with van der Waals surface area (Å²) in [6.45, 7) is 7.25. The molecule has 0 saturated heterocycles. The summed E-state index contributed by atoms with van der Waals surface area (Å²) in [5.74, 6) is -1.26. The number of nitrogens with one attached hydrogen (secondary N) is 2. The molecule has 180 valence electrons. The van der Waals surface area contributed by atoms with Crippen LogP contribution in [0.4, 0.5) is 5.69 Å². The van der Waals surface area contributed by atoms with Gasteiger partial charge in [-0.2, -0.15) is 5.10 Å². The standard InChI is InChI=1S/C22H30N4O6S/c1-5-11-23-33(30,31)18-12-16(24-20(27)15-7-6-8-15)9-10-17(18)32-21-14(4)19(22(28)29)25-26(21)13(2)3/h9-10,12-13,15,23H,5-8,11H2,1-4H3,(H,24,27)(H,28,29). The van der Waals surface area contributed by atoms with E-state index >= 15 is 0 Å². The molecular formula is C22H30N4O6S.